The molecule has 0 aromatic rings. The first kappa shape index (κ1) is 12.2. The number of hydrogen-bond donors (Lipinski definition) is 0. The second-order valence-corrected chi connectivity index (χ2v) is 5.15. The molecule has 4 heteroatoms. The molecule has 1 amide bonds. The molecule has 1 aliphatic heterocycles. The van der Waals surface area contributed by atoms with Crippen LogP contribution in [0.3, 0.4) is 0 Å². The van der Waals surface area contributed by atoms with E-state index in [1.54, 1.807) is 11.8 Å². The zero-order chi connectivity index (χ0) is 10.4. The van der Waals surface area contributed by atoms with Crippen molar-refractivity contribution in [1.29, 1.82) is 0 Å². The van der Waals surface area contributed by atoms with E-state index in [1.165, 1.54) is 6.42 Å². The lowest BCUT2D eigenvalue weighted by Gasteiger charge is -2.28. The number of likely N-dealkylation sites (tertiary alicyclic amines) is 1. The largest absolute Gasteiger partial charge is 0.341 e. The van der Waals surface area contributed by atoms with Gasteiger partial charge in [0.05, 0.1) is 0 Å². The predicted octanol–water partition coefficient (Wildman–Crippen LogP) is 2.36. The quantitative estimate of drug-likeness (QED) is 0.698. The second kappa shape index (κ2) is 6.57. The summed E-state index contributed by atoms with van der Waals surface area (Å²) >= 11 is 7.78. The Labute approximate surface area is 95.4 Å². The van der Waals surface area contributed by atoms with Crippen molar-refractivity contribution >= 4 is 29.3 Å². The lowest BCUT2D eigenvalue weighted by molar-refractivity contribution is -0.131. The Bertz CT molecular complexity index is 183. The van der Waals surface area contributed by atoms with Crippen molar-refractivity contribution in [1.82, 2.24) is 4.90 Å². The summed E-state index contributed by atoms with van der Waals surface area (Å²) in [7, 11) is 0. The summed E-state index contributed by atoms with van der Waals surface area (Å²) in [5.41, 5.74) is 0. The van der Waals surface area contributed by atoms with Crippen LogP contribution in [0.1, 0.15) is 25.7 Å². The number of carbonyl (C=O) groups excluding carboxylic acids is 1. The molecule has 2 nitrogen and oxygen atoms in total. The number of halogens is 1. The van der Waals surface area contributed by atoms with E-state index in [4.69, 9.17) is 11.6 Å². The lowest BCUT2D eigenvalue weighted by atomic mass is 10.1. The van der Waals surface area contributed by atoms with Gasteiger partial charge >= 0.3 is 0 Å². The van der Waals surface area contributed by atoms with Crippen LogP contribution in [0.5, 0.6) is 0 Å². The lowest BCUT2D eigenvalue weighted by Crippen LogP contribution is -2.40. The van der Waals surface area contributed by atoms with Gasteiger partial charge in [-0.2, -0.15) is 11.8 Å². The summed E-state index contributed by atoms with van der Waals surface area (Å²) in [6.07, 6.45) is 6.35. The smallest absolute Gasteiger partial charge is 0.240 e. The van der Waals surface area contributed by atoms with Crippen molar-refractivity contribution in [3.8, 4) is 0 Å². The van der Waals surface area contributed by atoms with Gasteiger partial charge in [-0.05, 0) is 37.7 Å². The van der Waals surface area contributed by atoms with Crippen LogP contribution in [0.4, 0.5) is 0 Å². The first-order valence-electron chi connectivity index (χ1n) is 5.17. The molecule has 1 atom stereocenters. The van der Waals surface area contributed by atoms with Crippen molar-refractivity contribution < 1.29 is 4.79 Å². The molecule has 0 aliphatic carbocycles. The van der Waals surface area contributed by atoms with E-state index in [2.05, 4.69) is 0 Å². The Balaban J connectivity index is 2.30. The fraction of sp³-hybridized carbons (Fsp3) is 0.900. The maximum absolute atomic E-state index is 11.8. The van der Waals surface area contributed by atoms with Gasteiger partial charge in [-0.1, -0.05) is 0 Å². The fourth-order valence-electron chi connectivity index (χ4n) is 1.66. The predicted molar refractivity (Wildman–Crippen MR) is 63.1 cm³/mol. The van der Waals surface area contributed by atoms with Crippen LogP contribution in [0, 0.1) is 0 Å². The molecule has 0 aromatic heterocycles. The van der Waals surface area contributed by atoms with E-state index >= 15 is 0 Å². The first-order valence-corrected chi connectivity index (χ1v) is 7.00. The molecule has 14 heavy (non-hydrogen) atoms. The summed E-state index contributed by atoms with van der Waals surface area (Å²) in [5.74, 6) is 1.11. The van der Waals surface area contributed by atoms with E-state index in [-0.39, 0.29) is 11.3 Å². The Morgan fingerprint density at radius 1 is 1.43 bits per heavy atom. The standard InChI is InChI=1S/C10H18ClNOS/c1-14-8-5-9(11)10(13)12-6-3-2-4-7-12/h9H,2-8H2,1H3. The zero-order valence-electron chi connectivity index (χ0n) is 8.67. The molecule has 1 aliphatic rings. The number of piperidine rings is 1. The molecule has 1 saturated heterocycles. The van der Waals surface area contributed by atoms with Crippen LogP contribution < -0.4 is 0 Å². The molecule has 0 saturated carbocycles. The van der Waals surface area contributed by atoms with Crippen molar-refractivity contribution in [3.63, 3.8) is 0 Å². The van der Waals surface area contributed by atoms with Crippen molar-refractivity contribution in [2.45, 2.75) is 31.1 Å². The highest BCUT2D eigenvalue weighted by Crippen LogP contribution is 2.15. The maximum atomic E-state index is 11.8. The number of hydrogen-bond acceptors (Lipinski definition) is 2. The van der Waals surface area contributed by atoms with Crippen molar-refractivity contribution in [2.24, 2.45) is 0 Å². The van der Waals surface area contributed by atoms with Gasteiger partial charge in [0, 0.05) is 13.1 Å². The number of amides is 1. The number of rotatable bonds is 4. The third-order valence-corrected chi connectivity index (χ3v) is 3.56. The third-order valence-electron chi connectivity index (χ3n) is 2.51. The average molecular weight is 236 g/mol. The second-order valence-electron chi connectivity index (χ2n) is 3.63. The summed E-state index contributed by atoms with van der Waals surface area (Å²) in [4.78, 5) is 13.7. The SMILES string of the molecule is CSCCC(Cl)C(=O)N1CCCCC1. The van der Waals surface area contributed by atoms with Crippen LogP contribution in [0.2, 0.25) is 0 Å². The summed E-state index contributed by atoms with van der Waals surface area (Å²) in [6.45, 7) is 1.81. The molecular formula is C10H18ClNOS. The normalized spacial score (nSPS) is 19.4. The summed E-state index contributed by atoms with van der Waals surface area (Å²) in [6, 6.07) is 0. The highest BCUT2D eigenvalue weighted by Gasteiger charge is 2.22. The van der Waals surface area contributed by atoms with Gasteiger partial charge in [0.2, 0.25) is 5.91 Å². The van der Waals surface area contributed by atoms with Gasteiger partial charge in [0.15, 0.2) is 0 Å². The van der Waals surface area contributed by atoms with E-state index in [0.29, 0.717) is 0 Å². The van der Waals surface area contributed by atoms with Crippen LogP contribution in [0.25, 0.3) is 0 Å². The molecule has 0 radical (unpaired) electrons. The molecule has 1 fully saturated rings. The Morgan fingerprint density at radius 2 is 2.07 bits per heavy atom. The van der Waals surface area contributed by atoms with E-state index < -0.39 is 0 Å². The number of alkyl halides is 1. The molecular weight excluding hydrogens is 218 g/mol. The van der Waals surface area contributed by atoms with Crippen LogP contribution in [0.15, 0.2) is 0 Å². The van der Waals surface area contributed by atoms with Gasteiger partial charge in [-0.3, -0.25) is 4.79 Å². The highest BCUT2D eigenvalue weighted by molar-refractivity contribution is 7.98. The fourth-order valence-corrected chi connectivity index (χ4v) is 2.51. The minimum Gasteiger partial charge on any atom is -0.341 e. The van der Waals surface area contributed by atoms with E-state index in [0.717, 1.165) is 38.1 Å². The number of thioether (sulfide) groups is 1. The number of carbonyl (C=O) groups is 1. The highest BCUT2D eigenvalue weighted by atomic mass is 35.5. The average Bonchev–Trinajstić information content (AvgIpc) is 2.26. The monoisotopic (exact) mass is 235 g/mol. The Morgan fingerprint density at radius 3 is 2.64 bits per heavy atom. The van der Waals surface area contributed by atoms with Crippen molar-refractivity contribution in [2.75, 3.05) is 25.1 Å². The third kappa shape index (κ3) is 3.70. The minimum absolute atomic E-state index is 0.139. The van der Waals surface area contributed by atoms with Gasteiger partial charge in [-0.25, -0.2) is 0 Å². The molecule has 0 aromatic carbocycles. The van der Waals surface area contributed by atoms with E-state index in [1.807, 2.05) is 11.2 Å². The summed E-state index contributed by atoms with van der Waals surface area (Å²) in [5, 5.41) is -0.305. The molecule has 82 valence electrons. The molecule has 1 rings (SSSR count). The molecule has 0 bridgehead atoms. The maximum Gasteiger partial charge on any atom is 0.240 e. The molecule has 1 unspecified atom stereocenters. The Hall–Kier alpha value is 0.110. The van der Waals surface area contributed by atoms with E-state index in [9.17, 15) is 4.79 Å². The molecule has 0 spiro atoms. The van der Waals surface area contributed by atoms with Gasteiger partial charge in [0.25, 0.3) is 0 Å². The van der Waals surface area contributed by atoms with Crippen LogP contribution >= 0.6 is 23.4 Å². The van der Waals surface area contributed by atoms with Gasteiger partial charge < -0.3 is 4.90 Å². The molecule has 0 N–H and O–H groups in total. The molecule has 1 heterocycles. The zero-order valence-corrected chi connectivity index (χ0v) is 10.2. The topological polar surface area (TPSA) is 20.3 Å². The van der Waals surface area contributed by atoms with Crippen molar-refractivity contribution in [3.05, 3.63) is 0 Å². The summed E-state index contributed by atoms with van der Waals surface area (Å²) < 4.78 is 0. The van der Waals surface area contributed by atoms with Crippen LogP contribution in [-0.2, 0) is 4.79 Å². The first-order chi connectivity index (χ1) is 6.75. The van der Waals surface area contributed by atoms with Gasteiger partial charge in [-0.15, -0.1) is 11.6 Å². The van der Waals surface area contributed by atoms with Crippen LogP contribution in [-0.4, -0.2) is 41.3 Å². The minimum atomic E-state index is -0.305. The number of nitrogens with zero attached hydrogens (tertiary/aromatic N) is 1. The van der Waals surface area contributed by atoms with Gasteiger partial charge in [0.1, 0.15) is 5.38 Å². The Kier molecular flexibility index (Phi) is 5.71.